The second kappa shape index (κ2) is 5.51. The molecule has 1 aliphatic heterocycles. The number of benzene rings is 2. The van der Waals surface area contributed by atoms with E-state index in [0.29, 0.717) is 12.2 Å². The molecule has 5 heteroatoms. The van der Waals surface area contributed by atoms with E-state index < -0.39 is 5.82 Å². The maximum absolute atomic E-state index is 13.1. The molecule has 0 spiro atoms. The van der Waals surface area contributed by atoms with Crippen molar-refractivity contribution in [2.45, 2.75) is 13.0 Å². The average molecular weight is 311 g/mol. The van der Waals surface area contributed by atoms with Crippen molar-refractivity contribution in [2.24, 2.45) is 0 Å². The predicted octanol–water partition coefficient (Wildman–Crippen LogP) is 4.71. The molecule has 20 heavy (non-hydrogen) atoms. The SMILES string of the molecule is Fc1cc(Cl)c(NCc2cccc3c2NCC3)c(Cl)c1. The number of rotatable bonds is 3. The monoisotopic (exact) mass is 310 g/mol. The summed E-state index contributed by atoms with van der Waals surface area (Å²) in [5.74, 6) is -0.437. The Balaban J connectivity index is 1.83. The van der Waals surface area contributed by atoms with Crippen LogP contribution in [-0.4, -0.2) is 6.54 Å². The lowest BCUT2D eigenvalue weighted by atomic mass is 10.1. The fourth-order valence-corrected chi connectivity index (χ4v) is 3.05. The van der Waals surface area contributed by atoms with Crippen LogP contribution in [0, 0.1) is 5.82 Å². The van der Waals surface area contributed by atoms with Crippen LogP contribution >= 0.6 is 23.2 Å². The summed E-state index contributed by atoms with van der Waals surface area (Å²) in [5, 5.41) is 7.14. The van der Waals surface area contributed by atoms with E-state index in [4.69, 9.17) is 23.2 Å². The van der Waals surface area contributed by atoms with Gasteiger partial charge in [0.2, 0.25) is 0 Å². The highest BCUT2D eigenvalue weighted by Crippen LogP contribution is 2.33. The summed E-state index contributed by atoms with van der Waals surface area (Å²) in [4.78, 5) is 0. The lowest BCUT2D eigenvalue weighted by Crippen LogP contribution is -2.04. The zero-order valence-corrected chi connectivity index (χ0v) is 12.2. The smallest absolute Gasteiger partial charge is 0.126 e. The number of anilines is 2. The summed E-state index contributed by atoms with van der Waals surface area (Å²) in [6, 6.07) is 8.72. The molecule has 0 aliphatic carbocycles. The minimum Gasteiger partial charge on any atom is -0.384 e. The Hall–Kier alpha value is -1.45. The molecule has 0 saturated carbocycles. The van der Waals surface area contributed by atoms with Crippen LogP contribution in [-0.2, 0) is 13.0 Å². The van der Waals surface area contributed by atoms with Gasteiger partial charge in [0.1, 0.15) is 5.82 Å². The summed E-state index contributed by atoms with van der Waals surface area (Å²) < 4.78 is 13.1. The van der Waals surface area contributed by atoms with Gasteiger partial charge in [-0.15, -0.1) is 0 Å². The van der Waals surface area contributed by atoms with E-state index in [0.717, 1.165) is 18.5 Å². The van der Waals surface area contributed by atoms with Crippen LogP contribution in [0.3, 0.4) is 0 Å². The molecule has 1 aliphatic rings. The summed E-state index contributed by atoms with van der Waals surface area (Å²) in [5.41, 5.74) is 4.21. The molecular formula is C15H13Cl2FN2. The van der Waals surface area contributed by atoms with Gasteiger partial charge in [0.15, 0.2) is 0 Å². The third-order valence-electron chi connectivity index (χ3n) is 3.40. The average Bonchev–Trinajstić information content (AvgIpc) is 2.86. The topological polar surface area (TPSA) is 24.1 Å². The molecule has 3 rings (SSSR count). The molecule has 2 aromatic rings. The minimum absolute atomic E-state index is 0.288. The van der Waals surface area contributed by atoms with Crippen LogP contribution < -0.4 is 10.6 Å². The van der Waals surface area contributed by atoms with Gasteiger partial charge < -0.3 is 10.6 Å². The molecule has 0 atom stereocenters. The van der Waals surface area contributed by atoms with Gasteiger partial charge in [-0.3, -0.25) is 0 Å². The molecule has 104 valence electrons. The second-order valence-corrected chi connectivity index (χ2v) is 5.54. The van der Waals surface area contributed by atoms with Gasteiger partial charge in [-0.1, -0.05) is 41.4 Å². The molecule has 0 fully saturated rings. The Kier molecular flexibility index (Phi) is 3.72. The van der Waals surface area contributed by atoms with Crippen LogP contribution in [0.2, 0.25) is 10.0 Å². The summed E-state index contributed by atoms with van der Waals surface area (Å²) >= 11 is 12.0. The molecular weight excluding hydrogens is 298 g/mol. The first-order valence-corrected chi connectivity index (χ1v) is 7.14. The zero-order valence-electron chi connectivity index (χ0n) is 10.6. The van der Waals surface area contributed by atoms with Gasteiger partial charge in [-0.2, -0.15) is 0 Å². The van der Waals surface area contributed by atoms with E-state index in [1.807, 2.05) is 6.07 Å². The lowest BCUT2D eigenvalue weighted by Gasteiger charge is -2.13. The molecule has 1 heterocycles. The van der Waals surface area contributed by atoms with E-state index in [1.54, 1.807) is 0 Å². The predicted molar refractivity (Wildman–Crippen MR) is 82.4 cm³/mol. The van der Waals surface area contributed by atoms with Crippen LogP contribution in [0.25, 0.3) is 0 Å². The molecule has 0 amide bonds. The second-order valence-electron chi connectivity index (χ2n) is 4.73. The van der Waals surface area contributed by atoms with Crippen LogP contribution in [0.15, 0.2) is 30.3 Å². The van der Waals surface area contributed by atoms with Crippen molar-refractivity contribution in [3.05, 3.63) is 57.3 Å². The maximum Gasteiger partial charge on any atom is 0.126 e. The van der Waals surface area contributed by atoms with Gasteiger partial charge in [0, 0.05) is 18.8 Å². The molecule has 0 bridgehead atoms. The first kappa shape index (κ1) is 13.5. The molecule has 0 radical (unpaired) electrons. The number of nitrogens with one attached hydrogen (secondary N) is 2. The number of hydrogen-bond donors (Lipinski definition) is 2. The first-order valence-electron chi connectivity index (χ1n) is 6.38. The third-order valence-corrected chi connectivity index (χ3v) is 3.99. The number of hydrogen-bond acceptors (Lipinski definition) is 2. The minimum atomic E-state index is -0.437. The summed E-state index contributed by atoms with van der Waals surface area (Å²) in [6.45, 7) is 1.55. The van der Waals surface area contributed by atoms with Crippen molar-refractivity contribution in [3.8, 4) is 0 Å². The van der Waals surface area contributed by atoms with Gasteiger partial charge in [0.25, 0.3) is 0 Å². The summed E-state index contributed by atoms with van der Waals surface area (Å²) in [6.07, 6.45) is 1.04. The molecule has 2 nitrogen and oxygen atoms in total. The summed E-state index contributed by atoms with van der Waals surface area (Å²) in [7, 11) is 0. The van der Waals surface area contributed by atoms with Gasteiger partial charge in [-0.05, 0) is 29.7 Å². The normalized spacial score (nSPS) is 12.9. The lowest BCUT2D eigenvalue weighted by molar-refractivity contribution is 0.628. The van der Waals surface area contributed by atoms with Crippen molar-refractivity contribution < 1.29 is 4.39 Å². The molecule has 0 unspecified atom stereocenters. The Morgan fingerprint density at radius 2 is 1.95 bits per heavy atom. The molecule has 2 N–H and O–H groups in total. The largest absolute Gasteiger partial charge is 0.384 e. The fraction of sp³-hybridized carbons (Fsp3) is 0.200. The number of fused-ring (bicyclic) bond motifs is 1. The quantitative estimate of drug-likeness (QED) is 0.857. The highest BCUT2D eigenvalue weighted by Gasteiger charge is 2.14. The zero-order chi connectivity index (χ0) is 14.1. The van der Waals surface area contributed by atoms with E-state index in [2.05, 4.69) is 22.8 Å². The van der Waals surface area contributed by atoms with Crippen LogP contribution in [0.4, 0.5) is 15.8 Å². The van der Waals surface area contributed by atoms with E-state index in [-0.39, 0.29) is 10.0 Å². The number of halogens is 3. The Labute approximate surface area is 126 Å². The first-order chi connectivity index (χ1) is 9.65. The molecule has 0 aromatic heterocycles. The molecule has 0 saturated heterocycles. The third kappa shape index (κ3) is 2.56. The van der Waals surface area contributed by atoms with Crippen molar-refractivity contribution in [2.75, 3.05) is 17.2 Å². The Bertz CT molecular complexity index is 635. The highest BCUT2D eigenvalue weighted by molar-refractivity contribution is 6.39. The van der Waals surface area contributed by atoms with Crippen molar-refractivity contribution in [1.82, 2.24) is 0 Å². The fourth-order valence-electron chi connectivity index (χ4n) is 2.45. The maximum atomic E-state index is 13.1. The van der Waals surface area contributed by atoms with E-state index in [1.165, 1.54) is 23.4 Å². The van der Waals surface area contributed by atoms with Crippen LogP contribution in [0.1, 0.15) is 11.1 Å². The van der Waals surface area contributed by atoms with Crippen molar-refractivity contribution >= 4 is 34.6 Å². The van der Waals surface area contributed by atoms with Gasteiger partial charge >= 0.3 is 0 Å². The standard InChI is InChI=1S/C15H13Cl2FN2/c16-12-6-11(18)7-13(17)15(12)20-8-10-3-1-2-9-4-5-19-14(9)10/h1-3,6-7,19-20H,4-5,8H2. The van der Waals surface area contributed by atoms with E-state index in [9.17, 15) is 4.39 Å². The van der Waals surface area contributed by atoms with E-state index >= 15 is 0 Å². The number of para-hydroxylation sites is 1. The van der Waals surface area contributed by atoms with Crippen LogP contribution in [0.5, 0.6) is 0 Å². The van der Waals surface area contributed by atoms with Gasteiger partial charge in [-0.25, -0.2) is 4.39 Å². The van der Waals surface area contributed by atoms with Crippen molar-refractivity contribution in [1.29, 1.82) is 0 Å². The van der Waals surface area contributed by atoms with Crippen molar-refractivity contribution in [3.63, 3.8) is 0 Å². The van der Waals surface area contributed by atoms with Gasteiger partial charge in [0.05, 0.1) is 15.7 Å². The molecule has 2 aromatic carbocycles. The Morgan fingerprint density at radius 3 is 2.70 bits per heavy atom. The highest BCUT2D eigenvalue weighted by atomic mass is 35.5. The Morgan fingerprint density at radius 1 is 1.20 bits per heavy atom.